The molecule has 25 heavy (non-hydrogen) atoms. The van der Waals surface area contributed by atoms with Gasteiger partial charge in [-0.1, -0.05) is 0 Å². The van der Waals surface area contributed by atoms with Gasteiger partial charge in [0.15, 0.2) is 5.82 Å². The van der Waals surface area contributed by atoms with Crippen LogP contribution in [0, 0.1) is 17.8 Å². The molecule has 2 atom stereocenters. The molecular weight excluding hydrogens is 342 g/mol. The molecule has 0 radical (unpaired) electrons. The molecule has 2 heterocycles. The molecule has 3 N–H and O–H groups in total. The molecule has 2 aromatic heterocycles. The fraction of sp³-hybridized carbons (Fsp3) is 0.588. The first-order chi connectivity index (χ1) is 12.1. The van der Waals surface area contributed by atoms with Gasteiger partial charge < -0.3 is 15.8 Å². The SMILES string of the molecule is CCOC(=O)C1C2CCC(CC2)C1Nc1nc(Cl)nn2c(N)ccc12. The predicted octanol–water partition coefficient (Wildman–Crippen LogP) is 2.74. The van der Waals surface area contributed by atoms with Gasteiger partial charge in [0.25, 0.3) is 0 Å². The van der Waals surface area contributed by atoms with Gasteiger partial charge in [-0.25, -0.2) is 4.52 Å². The normalized spacial score (nSPS) is 28.2. The Kier molecular flexibility index (Phi) is 4.19. The number of fused-ring (bicyclic) bond motifs is 4. The highest BCUT2D eigenvalue weighted by atomic mass is 35.5. The number of nitrogens with one attached hydrogen (secondary N) is 1. The number of hydrogen-bond donors (Lipinski definition) is 2. The molecule has 134 valence electrons. The fourth-order valence-corrected chi connectivity index (χ4v) is 4.65. The second-order valence-electron chi connectivity index (χ2n) is 6.91. The molecule has 2 aromatic rings. The van der Waals surface area contributed by atoms with Crippen LogP contribution in [0.5, 0.6) is 0 Å². The van der Waals surface area contributed by atoms with E-state index in [2.05, 4.69) is 15.4 Å². The first-order valence-electron chi connectivity index (χ1n) is 8.82. The minimum Gasteiger partial charge on any atom is -0.466 e. The summed E-state index contributed by atoms with van der Waals surface area (Å²) in [5.74, 6) is 1.65. The van der Waals surface area contributed by atoms with E-state index in [1.807, 2.05) is 13.0 Å². The Balaban J connectivity index is 1.69. The second kappa shape index (κ2) is 6.37. The van der Waals surface area contributed by atoms with Crippen molar-refractivity contribution in [3.05, 3.63) is 17.4 Å². The smallest absolute Gasteiger partial charge is 0.311 e. The Morgan fingerprint density at radius 3 is 2.80 bits per heavy atom. The van der Waals surface area contributed by atoms with Gasteiger partial charge in [-0.3, -0.25) is 4.79 Å². The van der Waals surface area contributed by atoms with E-state index in [0.29, 0.717) is 30.1 Å². The Bertz CT molecular complexity index is 800. The van der Waals surface area contributed by atoms with E-state index < -0.39 is 0 Å². The number of aromatic nitrogens is 3. The number of nitrogens with two attached hydrogens (primary N) is 1. The molecule has 0 saturated heterocycles. The van der Waals surface area contributed by atoms with Crippen LogP contribution >= 0.6 is 11.6 Å². The summed E-state index contributed by atoms with van der Waals surface area (Å²) in [4.78, 5) is 16.9. The van der Waals surface area contributed by atoms with Crippen LogP contribution in [0.2, 0.25) is 5.28 Å². The number of carbonyl (C=O) groups is 1. The van der Waals surface area contributed by atoms with Gasteiger partial charge in [-0.2, -0.15) is 4.98 Å². The third kappa shape index (κ3) is 2.80. The molecule has 0 spiro atoms. The third-order valence-electron chi connectivity index (χ3n) is 5.60. The molecule has 2 unspecified atom stereocenters. The highest BCUT2D eigenvalue weighted by Gasteiger charge is 2.48. The van der Waals surface area contributed by atoms with Crippen LogP contribution in [0.4, 0.5) is 11.6 Å². The lowest BCUT2D eigenvalue weighted by molar-refractivity contribution is -0.154. The molecule has 0 aliphatic heterocycles. The molecule has 0 aromatic carbocycles. The number of carbonyl (C=O) groups excluding carboxylic acids is 1. The lowest BCUT2D eigenvalue weighted by Crippen LogP contribution is -2.52. The molecule has 3 saturated carbocycles. The highest BCUT2D eigenvalue weighted by Crippen LogP contribution is 2.47. The third-order valence-corrected chi connectivity index (χ3v) is 5.76. The summed E-state index contributed by atoms with van der Waals surface area (Å²) < 4.78 is 6.92. The zero-order chi connectivity index (χ0) is 17.6. The van der Waals surface area contributed by atoms with E-state index in [1.54, 1.807) is 10.6 Å². The molecule has 0 amide bonds. The van der Waals surface area contributed by atoms with Crippen molar-refractivity contribution < 1.29 is 9.53 Å². The maximum Gasteiger partial charge on any atom is 0.311 e. The van der Waals surface area contributed by atoms with Gasteiger partial charge >= 0.3 is 5.97 Å². The standard InChI is InChI=1S/C17H22ClN5O2/c1-2-25-16(24)13-9-3-5-10(6-4-9)14(13)20-15-11-7-8-12(19)23(11)22-17(18)21-15/h7-10,13-14H,2-6,19H2,1H3,(H,20,21,22). The van der Waals surface area contributed by atoms with E-state index in [4.69, 9.17) is 22.1 Å². The zero-order valence-corrected chi connectivity index (χ0v) is 14.9. The lowest BCUT2D eigenvalue weighted by Gasteiger charge is -2.47. The maximum atomic E-state index is 12.6. The largest absolute Gasteiger partial charge is 0.466 e. The van der Waals surface area contributed by atoms with Gasteiger partial charge in [0.05, 0.1) is 12.5 Å². The lowest BCUT2D eigenvalue weighted by atomic mass is 9.61. The van der Waals surface area contributed by atoms with Crippen LogP contribution in [0.3, 0.4) is 0 Å². The van der Waals surface area contributed by atoms with Gasteiger partial charge in [0.2, 0.25) is 5.28 Å². The van der Waals surface area contributed by atoms with Gasteiger partial charge in [-0.15, -0.1) is 5.10 Å². The molecule has 5 rings (SSSR count). The Morgan fingerprint density at radius 2 is 2.08 bits per heavy atom. The summed E-state index contributed by atoms with van der Waals surface area (Å²) in [5.41, 5.74) is 6.69. The predicted molar refractivity (Wildman–Crippen MR) is 95.4 cm³/mol. The summed E-state index contributed by atoms with van der Waals surface area (Å²) in [6.07, 6.45) is 4.42. The van der Waals surface area contributed by atoms with E-state index in [-0.39, 0.29) is 23.2 Å². The molecule has 3 fully saturated rings. The summed E-state index contributed by atoms with van der Waals surface area (Å²) >= 11 is 6.07. The Hall–Kier alpha value is -2.02. The fourth-order valence-electron chi connectivity index (χ4n) is 4.49. The summed E-state index contributed by atoms with van der Waals surface area (Å²) in [6.45, 7) is 2.25. The molecule has 3 aliphatic carbocycles. The first kappa shape index (κ1) is 16.4. The number of nitrogens with zero attached hydrogens (tertiary/aromatic N) is 3. The topological polar surface area (TPSA) is 94.5 Å². The average molecular weight is 364 g/mol. The molecule has 7 nitrogen and oxygen atoms in total. The minimum atomic E-state index is -0.145. The van der Waals surface area contributed by atoms with Crippen molar-refractivity contribution in [3.8, 4) is 0 Å². The van der Waals surface area contributed by atoms with Crippen molar-refractivity contribution in [1.29, 1.82) is 0 Å². The number of anilines is 2. The van der Waals surface area contributed by atoms with Crippen molar-refractivity contribution in [2.75, 3.05) is 17.7 Å². The average Bonchev–Trinajstić information content (AvgIpc) is 2.97. The Labute approximate surface area is 150 Å². The van der Waals surface area contributed by atoms with Crippen molar-refractivity contribution in [1.82, 2.24) is 14.6 Å². The van der Waals surface area contributed by atoms with E-state index >= 15 is 0 Å². The van der Waals surface area contributed by atoms with Gasteiger partial charge in [-0.05, 0) is 68.2 Å². The van der Waals surface area contributed by atoms with Crippen LogP contribution < -0.4 is 11.1 Å². The number of rotatable bonds is 4. The Morgan fingerprint density at radius 1 is 1.36 bits per heavy atom. The van der Waals surface area contributed by atoms with Crippen LogP contribution in [0.15, 0.2) is 12.1 Å². The highest BCUT2D eigenvalue weighted by molar-refractivity contribution is 6.28. The van der Waals surface area contributed by atoms with Gasteiger partial charge in [0.1, 0.15) is 11.3 Å². The van der Waals surface area contributed by atoms with Crippen molar-refractivity contribution in [2.45, 2.75) is 38.6 Å². The number of esters is 1. The minimum absolute atomic E-state index is 0.00237. The van der Waals surface area contributed by atoms with Crippen molar-refractivity contribution in [3.63, 3.8) is 0 Å². The van der Waals surface area contributed by atoms with Crippen LogP contribution in [0.1, 0.15) is 32.6 Å². The first-order valence-corrected chi connectivity index (χ1v) is 9.20. The summed E-state index contributed by atoms with van der Waals surface area (Å²) in [7, 11) is 0. The zero-order valence-electron chi connectivity index (χ0n) is 14.1. The molecule has 8 heteroatoms. The van der Waals surface area contributed by atoms with E-state index in [9.17, 15) is 4.79 Å². The summed E-state index contributed by atoms with van der Waals surface area (Å²) in [6, 6.07) is 3.62. The summed E-state index contributed by atoms with van der Waals surface area (Å²) in [5, 5.41) is 7.74. The van der Waals surface area contributed by atoms with Gasteiger partial charge in [0, 0.05) is 6.04 Å². The number of halogens is 1. The number of hydrogen-bond acceptors (Lipinski definition) is 6. The second-order valence-corrected chi connectivity index (χ2v) is 7.25. The molecule has 2 bridgehead atoms. The quantitative estimate of drug-likeness (QED) is 0.811. The van der Waals surface area contributed by atoms with Crippen LogP contribution in [0.25, 0.3) is 5.52 Å². The van der Waals surface area contributed by atoms with Crippen molar-refractivity contribution >= 4 is 34.7 Å². The monoisotopic (exact) mass is 363 g/mol. The van der Waals surface area contributed by atoms with E-state index in [0.717, 1.165) is 31.2 Å². The van der Waals surface area contributed by atoms with Crippen LogP contribution in [-0.2, 0) is 9.53 Å². The molecule has 3 aliphatic rings. The maximum absolute atomic E-state index is 12.6. The van der Waals surface area contributed by atoms with Crippen molar-refractivity contribution in [2.24, 2.45) is 17.8 Å². The van der Waals surface area contributed by atoms with E-state index in [1.165, 1.54) is 0 Å². The van der Waals surface area contributed by atoms with Crippen LogP contribution in [-0.4, -0.2) is 33.2 Å². The number of nitrogen functional groups attached to an aromatic ring is 1. The molecular formula is C17H22ClN5O2. The number of ether oxygens (including phenoxy) is 1.